The van der Waals surface area contributed by atoms with E-state index in [1.54, 1.807) is 4.90 Å². The molecule has 2 aromatic carbocycles. The van der Waals surface area contributed by atoms with Crippen LogP contribution in [-0.4, -0.2) is 19.0 Å². The smallest absolute Gasteiger partial charge is 0.251 e. The maximum atomic E-state index is 12.3. The van der Waals surface area contributed by atoms with Crippen LogP contribution in [0, 0.1) is 0 Å². The molecule has 0 spiro atoms. The van der Waals surface area contributed by atoms with Gasteiger partial charge in [-0.05, 0) is 43.0 Å². The normalized spacial score (nSPS) is 15.2. The molecule has 3 nitrogen and oxygen atoms in total. The number of likely N-dealkylation sites (tertiary alicyclic amines) is 1. The van der Waals surface area contributed by atoms with Gasteiger partial charge in [-0.2, -0.15) is 0 Å². The summed E-state index contributed by atoms with van der Waals surface area (Å²) in [5, 5.41) is 3.05. The molecule has 0 radical (unpaired) electrons. The Balaban J connectivity index is 1.63. The number of quaternary nitrogens is 1. The van der Waals surface area contributed by atoms with Gasteiger partial charge in [0.2, 0.25) is 0 Å². The van der Waals surface area contributed by atoms with Crippen LogP contribution in [0.2, 0.25) is 0 Å². The third kappa shape index (κ3) is 4.68. The lowest BCUT2D eigenvalue weighted by molar-refractivity contribution is -0.918. The topological polar surface area (TPSA) is 33.5 Å². The third-order valence-corrected chi connectivity index (χ3v) is 5.14. The molecule has 4 heteroatoms. The van der Waals surface area contributed by atoms with Crippen LogP contribution < -0.4 is 10.2 Å². The summed E-state index contributed by atoms with van der Waals surface area (Å²) < 4.78 is 0.921. The summed E-state index contributed by atoms with van der Waals surface area (Å²) in [6, 6.07) is 16.0. The molecule has 24 heavy (non-hydrogen) atoms. The van der Waals surface area contributed by atoms with Gasteiger partial charge in [-0.25, -0.2) is 0 Å². The van der Waals surface area contributed by atoms with Gasteiger partial charge in [0.15, 0.2) is 0 Å². The van der Waals surface area contributed by atoms with Crippen molar-refractivity contribution in [2.24, 2.45) is 0 Å². The minimum absolute atomic E-state index is 0.0311. The average molecular weight is 388 g/mol. The van der Waals surface area contributed by atoms with Crippen LogP contribution in [-0.2, 0) is 13.1 Å². The molecule has 2 aromatic rings. The Morgan fingerprint density at radius 3 is 2.50 bits per heavy atom. The van der Waals surface area contributed by atoms with Crippen LogP contribution in [0.3, 0.4) is 0 Å². The molecular weight excluding hydrogens is 364 g/mol. The first-order valence-corrected chi connectivity index (χ1v) is 9.46. The Kier molecular flexibility index (Phi) is 6.05. The molecule has 1 saturated heterocycles. The molecule has 1 amide bonds. The number of carbonyl (C=O) groups excluding carboxylic acids is 1. The van der Waals surface area contributed by atoms with Crippen molar-refractivity contribution in [3.63, 3.8) is 0 Å². The van der Waals surface area contributed by atoms with Crippen molar-refractivity contribution < 1.29 is 9.69 Å². The molecule has 1 fully saturated rings. The predicted octanol–water partition coefficient (Wildman–Crippen LogP) is 2.95. The van der Waals surface area contributed by atoms with Gasteiger partial charge in [-0.15, -0.1) is 0 Å². The van der Waals surface area contributed by atoms with Crippen LogP contribution in [0.5, 0.6) is 0 Å². The van der Waals surface area contributed by atoms with Crippen molar-refractivity contribution in [2.45, 2.75) is 32.4 Å². The van der Waals surface area contributed by atoms with Crippen LogP contribution in [0.4, 0.5) is 0 Å². The predicted molar refractivity (Wildman–Crippen MR) is 100 cm³/mol. The number of halogens is 1. The maximum Gasteiger partial charge on any atom is 0.251 e. The molecule has 0 unspecified atom stereocenters. The van der Waals surface area contributed by atoms with E-state index in [4.69, 9.17) is 0 Å². The fourth-order valence-electron chi connectivity index (χ4n) is 3.31. The van der Waals surface area contributed by atoms with E-state index in [-0.39, 0.29) is 5.91 Å². The molecule has 1 aliphatic rings. The number of hydrogen-bond donors (Lipinski definition) is 2. The highest BCUT2D eigenvalue weighted by Gasteiger charge is 2.16. The van der Waals surface area contributed by atoms with Crippen LogP contribution >= 0.6 is 15.9 Å². The molecular formula is C20H24BrN2O+. The number of nitrogens with one attached hydrogen (secondary N) is 2. The number of hydrogen-bond acceptors (Lipinski definition) is 1. The van der Waals surface area contributed by atoms with Crippen molar-refractivity contribution in [1.82, 2.24) is 5.32 Å². The van der Waals surface area contributed by atoms with Crippen LogP contribution in [0.1, 0.15) is 40.7 Å². The highest BCUT2D eigenvalue weighted by atomic mass is 79.9. The summed E-state index contributed by atoms with van der Waals surface area (Å²) in [5.74, 6) is -0.0311. The Labute approximate surface area is 152 Å². The summed E-state index contributed by atoms with van der Waals surface area (Å²) in [7, 11) is 0. The molecule has 0 atom stereocenters. The van der Waals surface area contributed by atoms with Gasteiger partial charge in [0.25, 0.3) is 5.91 Å². The summed E-state index contributed by atoms with van der Waals surface area (Å²) in [6.07, 6.45) is 4.03. The van der Waals surface area contributed by atoms with Gasteiger partial charge in [0.1, 0.15) is 6.54 Å². The van der Waals surface area contributed by atoms with Gasteiger partial charge < -0.3 is 10.2 Å². The number of amides is 1. The molecule has 0 aliphatic carbocycles. The van der Waals surface area contributed by atoms with Crippen LogP contribution in [0.25, 0.3) is 0 Å². The van der Waals surface area contributed by atoms with Gasteiger partial charge in [0.05, 0.1) is 13.1 Å². The van der Waals surface area contributed by atoms with E-state index in [9.17, 15) is 4.79 Å². The van der Waals surface area contributed by atoms with E-state index in [1.165, 1.54) is 43.5 Å². The monoisotopic (exact) mass is 387 g/mol. The Bertz CT molecular complexity index is 696. The molecule has 0 aromatic heterocycles. The van der Waals surface area contributed by atoms with E-state index >= 15 is 0 Å². The van der Waals surface area contributed by atoms with E-state index in [0.29, 0.717) is 12.1 Å². The van der Waals surface area contributed by atoms with Crippen molar-refractivity contribution >= 4 is 21.8 Å². The van der Waals surface area contributed by atoms with Crippen molar-refractivity contribution in [3.05, 3.63) is 69.7 Å². The number of carbonyl (C=O) groups is 1. The highest BCUT2D eigenvalue weighted by Crippen LogP contribution is 2.12. The zero-order valence-electron chi connectivity index (χ0n) is 13.9. The summed E-state index contributed by atoms with van der Waals surface area (Å²) >= 11 is 3.41. The molecule has 0 saturated carbocycles. The minimum Gasteiger partial charge on any atom is -0.348 e. The van der Waals surface area contributed by atoms with E-state index in [1.807, 2.05) is 24.3 Å². The molecule has 2 N–H and O–H groups in total. The van der Waals surface area contributed by atoms with Gasteiger partial charge >= 0.3 is 0 Å². The lowest BCUT2D eigenvalue weighted by atomic mass is 10.0. The minimum atomic E-state index is -0.0311. The summed E-state index contributed by atoms with van der Waals surface area (Å²) in [4.78, 5) is 14.0. The number of benzene rings is 2. The first kappa shape index (κ1) is 17.2. The first-order chi connectivity index (χ1) is 11.7. The Morgan fingerprint density at radius 2 is 1.75 bits per heavy atom. The fraction of sp³-hybridized carbons (Fsp3) is 0.350. The largest absolute Gasteiger partial charge is 0.348 e. The molecule has 3 rings (SSSR count). The van der Waals surface area contributed by atoms with Gasteiger partial charge in [-0.1, -0.05) is 46.3 Å². The fourth-order valence-corrected chi connectivity index (χ4v) is 3.71. The Morgan fingerprint density at radius 1 is 1.00 bits per heavy atom. The maximum absolute atomic E-state index is 12.3. The lowest BCUT2D eigenvalue weighted by Crippen LogP contribution is -3.11. The van der Waals surface area contributed by atoms with Crippen molar-refractivity contribution in [1.29, 1.82) is 0 Å². The SMILES string of the molecule is O=C(NCc1ccccc1C[NH+]1CCCCC1)c1cccc(Br)c1. The summed E-state index contributed by atoms with van der Waals surface area (Å²) in [6.45, 7) is 4.16. The second kappa shape index (κ2) is 8.45. The Hall–Kier alpha value is -1.65. The van der Waals surface area contributed by atoms with Gasteiger partial charge in [0, 0.05) is 22.1 Å². The quantitative estimate of drug-likeness (QED) is 0.812. The zero-order valence-corrected chi connectivity index (χ0v) is 15.4. The molecule has 126 valence electrons. The highest BCUT2D eigenvalue weighted by molar-refractivity contribution is 9.10. The lowest BCUT2D eigenvalue weighted by Gasteiger charge is -2.24. The van der Waals surface area contributed by atoms with E-state index < -0.39 is 0 Å². The first-order valence-electron chi connectivity index (χ1n) is 8.66. The van der Waals surface area contributed by atoms with Crippen LogP contribution in [0.15, 0.2) is 53.0 Å². The third-order valence-electron chi connectivity index (χ3n) is 4.65. The average Bonchev–Trinajstić information content (AvgIpc) is 2.61. The number of piperidine rings is 1. The molecule has 1 aliphatic heterocycles. The second-order valence-corrected chi connectivity index (χ2v) is 7.36. The summed E-state index contributed by atoms with van der Waals surface area (Å²) in [5.41, 5.74) is 3.26. The van der Waals surface area contributed by atoms with Crippen molar-refractivity contribution in [3.8, 4) is 0 Å². The molecule has 1 heterocycles. The number of rotatable bonds is 5. The van der Waals surface area contributed by atoms with Crippen molar-refractivity contribution in [2.75, 3.05) is 13.1 Å². The zero-order chi connectivity index (χ0) is 16.8. The second-order valence-electron chi connectivity index (χ2n) is 6.45. The van der Waals surface area contributed by atoms with E-state index in [0.717, 1.165) is 11.0 Å². The van der Waals surface area contributed by atoms with Gasteiger partial charge in [-0.3, -0.25) is 4.79 Å². The standard InChI is InChI=1S/C20H23BrN2O/c21-19-10-6-9-16(13-19)20(24)22-14-17-7-2-3-8-18(17)15-23-11-4-1-5-12-23/h2-3,6-10,13H,1,4-5,11-12,14-15H2,(H,22,24)/p+1. The molecule has 0 bridgehead atoms. The van der Waals surface area contributed by atoms with E-state index in [2.05, 4.69) is 45.5 Å².